The normalized spacial score (nSPS) is 13.7. The Kier molecular flexibility index (Phi) is 6.04. The fourth-order valence-corrected chi connectivity index (χ4v) is 0.862. The van der Waals surface area contributed by atoms with E-state index in [4.69, 9.17) is 0 Å². The molecule has 0 rings (SSSR count). The molecule has 0 radical (unpaired) electrons. The van der Waals surface area contributed by atoms with Crippen molar-refractivity contribution in [3.63, 3.8) is 0 Å². The van der Waals surface area contributed by atoms with Crippen molar-refractivity contribution in [1.82, 2.24) is 0 Å². The van der Waals surface area contributed by atoms with E-state index in [-0.39, 0.29) is 6.61 Å². The summed E-state index contributed by atoms with van der Waals surface area (Å²) in [6, 6.07) is 0. The lowest BCUT2D eigenvalue weighted by atomic mass is 10.1. The minimum Gasteiger partial charge on any atom is -0.499 e. The third kappa shape index (κ3) is 3.95. The van der Waals surface area contributed by atoms with Crippen LogP contribution in [0.4, 0.5) is 35.1 Å². The van der Waals surface area contributed by atoms with E-state index in [1.165, 1.54) is 0 Å². The van der Waals surface area contributed by atoms with Gasteiger partial charge in [0, 0.05) is 0 Å². The first-order valence-electron chi connectivity index (χ1n) is 4.72. The fraction of sp³-hybridized carbons (Fsp3) is 0.778. The number of hydrogen-bond acceptors (Lipinski definition) is 2. The van der Waals surface area contributed by atoms with Crippen LogP contribution in [0.2, 0.25) is 0 Å². The Morgan fingerprint density at radius 1 is 1.00 bits per heavy atom. The molecule has 2 nitrogen and oxygen atoms in total. The smallest absolute Gasteiger partial charge is 0.380 e. The summed E-state index contributed by atoms with van der Waals surface area (Å²) < 4.78 is 108. The van der Waals surface area contributed by atoms with Crippen molar-refractivity contribution in [2.45, 2.75) is 24.2 Å². The van der Waals surface area contributed by atoms with E-state index in [1.807, 2.05) is 0 Å². The van der Waals surface area contributed by atoms with Crippen LogP contribution in [0.5, 0.6) is 0 Å². The molecule has 0 fully saturated rings. The molecule has 10 heteroatoms. The molecule has 0 saturated carbocycles. The first-order chi connectivity index (χ1) is 8.50. The second kappa shape index (κ2) is 6.40. The molecule has 0 aromatic heterocycles. The van der Waals surface area contributed by atoms with Crippen LogP contribution in [0, 0.1) is 0 Å². The summed E-state index contributed by atoms with van der Waals surface area (Å²) in [6.07, 6.45) is -4.03. The minimum absolute atomic E-state index is 0.337. The second-order valence-electron chi connectivity index (χ2n) is 3.29. The monoisotopic (exact) mass is 302 g/mol. The Morgan fingerprint density at radius 2 is 1.53 bits per heavy atom. The van der Waals surface area contributed by atoms with Crippen molar-refractivity contribution in [2.75, 3.05) is 19.8 Å². The van der Waals surface area contributed by atoms with Gasteiger partial charge in [0.05, 0.1) is 12.9 Å². The van der Waals surface area contributed by atoms with Crippen molar-refractivity contribution in [3.8, 4) is 0 Å². The molecule has 0 N–H and O–H groups in total. The van der Waals surface area contributed by atoms with E-state index in [9.17, 15) is 35.1 Å². The molecule has 0 aromatic carbocycles. The Labute approximate surface area is 103 Å². The first kappa shape index (κ1) is 17.9. The summed E-state index contributed by atoms with van der Waals surface area (Å²) in [5.41, 5.74) is 0. The van der Waals surface area contributed by atoms with Gasteiger partial charge in [-0.25, -0.2) is 8.78 Å². The molecule has 0 spiro atoms. The highest BCUT2D eigenvalue weighted by Crippen LogP contribution is 2.48. The lowest BCUT2D eigenvalue weighted by molar-refractivity contribution is -0.346. The third-order valence-electron chi connectivity index (χ3n) is 1.90. The number of ether oxygens (including phenoxy) is 2. The zero-order valence-electron chi connectivity index (χ0n) is 9.32. The van der Waals surface area contributed by atoms with Crippen LogP contribution < -0.4 is 0 Å². The number of rotatable bonds is 9. The highest BCUT2D eigenvalue weighted by molar-refractivity contribution is 4.97. The van der Waals surface area contributed by atoms with E-state index >= 15 is 0 Å². The number of alkyl halides is 8. The van der Waals surface area contributed by atoms with Gasteiger partial charge in [0.2, 0.25) is 0 Å². The van der Waals surface area contributed by atoms with Crippen LogP contribution in [0.15, 0.2) is 12.8 Å². The molecule has 0 aliphatic heterocycles. The van der Waals surface area contributed by atoms with Gasteiger partial charge in [-0.05, 0) is 0 Å². The van der Waals surface area contributed by atoms with Gasteiger partial charge in [-0.1, -0.05) is 6.58 Å². The summed E-state index contributed by atoms with van der Waals surface area (Å²) >= 11 is 0. The Balaban J connectivity index is 4.64. The zero-order valence-corrected chi connectivity index (χ0v) is 9.32. The van der Waals surface area contributed by atoms with E-state index in [0.29, 0.717) is 0 Å². The lowest BCUT2D eigenvalue weighted by Gasteiger charge is -2.31. The van der Waals surface area contributed by atoms with Gasteiger partial charge >= 0.3 is 24.2 Å². The molecule has 0 aliphatic rings. The van der Waals surface area contributed by atoms with Gasteiger partial charge < -0.3 is 9.47 Å². The molecule has 0 saturated heterocycles. The number of hydrogen-bond donors (Lipinski definition) is 0. The van der Waals surface area contributed by atoms with Gasteiger partial charge in [-0.15, -0.1) is 0 Å². The Hall–Kier alpha value is -1.06. The van der Waals surface area contributed by atoms with Crippen molar-refractivity contribution < 1.29 is 44.6 Å². The van der Waals surface area contributed by atoms with Gasteiger partial charge in [0.15, 0.2) is 0 Å². The van der Waals surface area contributed by atoms with Crippen molar-refractivity contribution in [3.05, 3.63) is 12.8 Å². The van der Waals surface area contributed by atoms with E-state index in [2.05, 4.69) is 16.1 Å². The summed E-state index contributed by atoms with van der Waals surface area (Å²) in [5.74, 6) is -17.9. The predicted octanol–water partition coefficient (Wildman–Crippen LogP) is 3.33. The summed E-state index contributed by atoms with van der Waals surface area (Å²) in [6.45, 7) is -0.0443. The molecule has 0 aromatic rings. The molecule has 0 atom stereocenters. The maximum absolute atomic E-state index is 12.8. The average molecular weight is 302 g/mol. The first-order valence-corrected chi connectivity index (χ1v) is 4.72. The summed E-state index contributed by atoms with van der Waals surface area (Å²) in [7, 11) is 0. The van der Waals surface area contributed by atoms with Crippen LogP contribution in [-0.4, -0.2) is 44.0 Å². The summed E-state index contributed by atoms with van der Waals surface area (Å²) in [5, 5.41) is 0. The quantitative estimate of drug-likeness (QED) is 0.369. The van der Waals surface area contributed by atoms with Gasteiger partial charge in [0.1, 0.15) is 13.2 Å². The van der Waals surface area contributed by atoms with E-state index in [1.54, 1.807) is 0 Å². The largest absolute Gasteiger partial charge is 0.499 e. The van der Waals surface area contributed by atoms with Crippen molar-refractivity contribution in [1.29, 1.82) is 0 Å². The molecule has 0 amide bonds. The van der Waals surface area contributed by atoms with E-state index in [0.717, 1.165) is 6.26 Å². The van der Waals surface area contributed by atoms with Crippen LogP contribution in [0.1, 0.15) is 0 Å². The Morgan fingerprint density at radius 3 is 1.95 bits per heavy atom. The fourth-order valence-electron chi connectivity index (χ4n) is 0.862. The topological polar surface area (TPSA) is 18.5 Å². The van der Waals surface area contributed by atoms with Crippen molar-refractivity contribution in [2.24, 2.45) is 0 Å². The van der Waals surface area contributed by atoms with Gasteiger partial charge in [-0.2, -0.15) is 26.3 Å². The Bertz CT molecular complexity index is 292. The molecule has 0 unspecified atom stereocenters. The zero-order chi connectivity index (χ0) is 15.3. The molecule has 0 heterocycles. The molecule has 114 valence electrons. The van der Waals surface area contributed by atoms with Crippen LogP contribution in [0.3, 0.4) is 0 Å². The van der Waals surface area contributed by atoms with Crippen molar-refractivity contribution >= 4 is 0 Å². The van der Waals surface area contributed by atoms with E-state index < -0.39 is 37.4 Å². The highest BCUT2D eigenvalue weighted by atomic mass is 19.4. The average Bonchev–Trinajstić information content (AvgIpc) is 2.27. The SMILES string of the molecule is C=COCCOCC(F)(F)C(F)(F)C(F)(F)C(F)F. The highest BCUT2D eigenvalue weighted by Gasteiger charge is 2.75. The minimum atomic E-state index is -6.24. The van der Waals surface area contributed by atoms with Crippen LogP contribution in [-0.2, 0) is 9.47 Å². The van der Waals surface area contributed by atoms with Crippen LogP contribution >= 0.6 is 0 Å². The predicted molar refractivity (Wildman–Crippen MR) is 47.8 cm³/mol. The molecule has 0 bridgehead atoms. The second-order valence-corrected chi connectivity index (χ2v) is 3.29. The molecular weight excluding hydrogens is 292 g/mol. The summed E-state index contributed by atoms with van der Waals surface area (Å²) in [4.78, 5) is 0. The molecule has 0 aliphatic carbocycles. The third-order valence-corrected chi connectivity index (χ3v) is 1.90. The number of halogens is 8. The van der Waals surface area contributed by atoms with Gasteiger partial charge in [-0.3, -0.25) is 0 Å². The van der Waals surface area contributed by atoms with Crippen LogP contribution in [0.25, 0.3) is 0 Å². The maximum Gasteiger partial charge on any atom is 0.380 e. The molecular formula is C9H10F8O2. The molecule has 19 heavy (non-hydrogen) atoms. The maximum atomic E-state index is 12.8. The van der Waals surface area contributed by atoms with Gasteiger partial charge in [0.25, 0.3) is 0 Å². The lowest BCUT2D eigenvalue weighted by Crippen LogP contribution is -2.59. The standard InChI is InChI=1S/C9H10F8O2/c1-2-18-3-4-19-5-7(12,13)9(16,17)8(14,15)6(10)11/h2,6H,1,3-5H2.